The molecule has 1 fully saturated rings. The molecule has 76 valence electrons. The Morgan fingerprint density at radius 3 is 3.00 bits per heavy atom. The van der Waals surface area contributed by atoms with Crippen LogP contribution in [0.25, 0.3) is 0 Å². The third-order valence-corrected chi connectivity index (χ3v) is 2.51. The van der Waals surface area contributed by atoms with E-state index in [4.69, 9.17) is 10.5 Å². The number of morpholine rings is 1. The Morgan fingerprint density at radius 2 is 2.29 bits per heavy atom. The van der Waals surface area contributed by atoms with Crippen molar-refractivity contribution in [3.63, 3.8) is 0 Å². The highest BCUT2D eigenvalue weighted by molar-refractivity contribution is 5.46. The van der Waals surface area contributed by atoms with Crippen molar-refractivity contribution in [1.82, 2.24) is 5.32 Å². The van der Waals surface area contributed by atoms with Crippen molar-refractivity contribution < 1.29 is 4.74 Å². The van der Waals surface area contributed by atoms with Gasteiger partial charge in [-0.1, -0.05) is 18.2 Å². The molecule has 3 heteroatoms. The summed E-state index contributed by atoms with van der Waals surface area (Å²) in [7, 11) is 0. The van der Waals surface area contributed by atoms with Crippen LogP contribution in [0.2, 0.25) is 0 Å². The van der Waals surface area contributed by atoms with E-state index in [9.17, 15) is 0 Å². The van der Waals surface area contributed by atoms with Crippen LogP contribution in [-0.4, -0.2) is 25.8 Å². The molecule has 1 atom stereocenters. The molecule has 1 aliphatic heterocycles. The van der Waals surface area contributed by atoms with Gasteiger partial charge in [0.05, 0.1) is 12.7 Å². The van der Waals surface area contributed by atoms with E-state index in [1.165, 1.54) is 5.56 Å². The fraction of sp³-hybridized carbons (Fsp3) is 0.455. The summed E-state index contributed by atoms with van der Waals surface area (Å²) >= 11 is 0. The largest absolute Gasteiger partial charge is 0.399 e. The van der Waals surface area contributed by atoms with Gasteiger partial charge in [0.25, 0.3) is 0 Å². The Kier molecular flexibility index (Phi) is 3.01. The molecule has 1 aromatic rings. The average Bonchev–Trinajstić information content (AvgIpc) is 2.23. The molecule has 0 amide bonds. The number of nitrogens with two attached hydrogens (primary N) is 1. The monoisotopic (exact) mass is 192 g/mol. The highest BCUT2D eigenvalue weighted by Gasteiger charge is 2.14. The molecule has 3 nitrogen and oxygen atoms in total. The topological polar surface area (TPSA) is 47.3 Å². The molecule has 1 aliphatic rings. The van der Waals surface area contributed by atoms with E-state index in [1.807, 2.05) is 18.2 Å². The minimum atomic E-state index is 0.272. The highest BCUT2D eigenvalue weighted by Crippen LogP contribution is 2.14. The number of benzene rings is 1. The number of nitrogen functional groups attached to an aromatic ring is 1. The van der Waals surface area contributed by atoms with Gasteiger partial charge in [0.1, 0.15) is 0 Å². The average molecular weight is 192 g/mol. The number of rotatable bonds is 2. The van der Waals surface area contributed by atoms with E-state index in [1.54, 1.807) is 0 Å². The van der Waals surface area contributed by atoms with Crippen LogP contribution in [0, 0.1) is 0 Å². The second-order valence-corrected chi connectivity index (χ2v) is 3.60. The first-order valence-corrected chi connectivity index (χ1v) is 5.02. The van der Waals surface area contributed by atoms with Crippen molar-refractivity contribution in [2.75, 3.05) is 25.4 Å². The molecular formula is C11H16N2O. The normalized spacial score (nSPS) is 22.1. The first-order valence-electron chi connectivity index (χ1n) is 5.02. The van der Waals surface area contributed by atoms with Crippen molar-refractivity contribution in [2.24, 2.45) is 0 Å². The molecule has 0 aromatic heterocycles. The summed E-state index contributed by atoms with van der Waals surface area (Å²) in [5, 5.41) is 3.31. The fourth-order valence-corrected chi connectivity index (χ4v) is 1.72. The van der Waals surface area contributed by atoms with Gasteiger partial charge in [-0.2, -0.15) is 0 Å². The van der Waals surface area contributed by atoms with Crippen LogP contribution in [0.3, 0.4) is 0 Å². The lowest BCUT2D eigenvalue weighted by Crippen LogP contribution is -2.39. The Morgan fingerprint density at radius 1 is 1.43 bits per heavy atom. The van der Waals surface area contributed by atoms with Gasteiger partial charge in [0.2, 0.25) is 0 Å². The van der Waals surface area contributed by atoms with E-state index in [2.05, 4.69) is 11.4 Å². The molecule has 0 radical (unpaired) electrons. The molecule has 0 saturated carbocycles. The number of hydrogen-bond acceptors (Lipinski definition) is 3. The maximum Gasteiger partial charge on any atom is 0.0741 e. The predicted molar refractivity (Wildman–Crippen MR) is 57.2 cm³/mol. The molecule has 0 bridgehead atoms. The van der Waals surface area contributed by atoms with Crippen LogP contribution in [-0.2, 0) is 11.2 Å². The van der Waals surface area contributed by atoms with Gasteiger partial charge in [0.15, 0.2) is 0 Å². The molecule has 1 saturated heterocycles. The Labute approximate surface area is 84.3 Å². The van der Waals surface area contributed by atoms with Gasteiger partial charge < -0.3 is 15.8 Å². The number of para-hydroxylation sites is 1. The quantitative estimate of drug-likeness (QED) is 0.681. The highest BCUT2D eigenvalue weighted by atomic mass is 16.5. The summed E-state index contributed by atoms with van der Waals surface area (Å²) in [5.74, 6) is 0. The Bertz CT molecular complexity index is 295. The van der Waals surface area contributed by atoms with Crippen LogP contribution < -0.4 is 11.1 Å². The third-order valence-electron chi connectivity index (χ3n) is 2.51. The molecule has 0 aliphatic carbocycles. The second-order valence-electron chi connectivity index (χ2n) is 3.60. The van der Waals surface area contributed by atoms with E-state index in [-0.39, 0.29) is 6.10 Å². The summed E-state index contributed by atoms with van der Waals surface area (Å²) in [4.78, 5) is 0. The van der Waals surface area contributed by atoms with Crippen molar-refractivity contribution in [1.29, 1.82) is 0 Å². The van der Waals surface area contributed by atoms with Crippen LogP contribution >= 0.6 is 0 Å². The summed E-state index contributed by atoms with van der Waals surface area (Å²) in [5.41, 5.74) is 7.91. The number of anilines is 1. The smallest absolute Gasteiger partial charge is 0.0741 e. The maximum absolute atomic E-state index is 5.86. The van der Waals surface area contributed by atoms with Crippen molar-refractivity contribution >= 4 is 5.69 Å². The first-order chi connectivity index (χ1) is 6.86. The summed E-state index contributed by atoms with van der Waals surface area (Å²) in [6.45, 7) is 2.69. The van der Waals surface area contributed by atoms with E-state index in [0.717, 1.165) is 31.8 Å². The Hall–Kier alpha value is -1.06. The molecule has 3 N–H and O–H groups in total. The summed E-state index contributed by atoms with van der Waals surface area (Å²) in [6, 6.07) is 7.97. The summed E-state index contributed by atoms with van der Waals surface area (Å²) in [6.07, 6.45) is 1.17. The molecule has 0 spiro atoms. The molecular weight excluding hydrogens is 176 g/mol. The summed E-state index contributed by atoms with van der Waals surface area (Å²) < 4.78 is 5.62. The minimum Gasteiger partial charge on any atom is -0.399 e. The van der Waals surface area contributed by atoms with Gasteiger partial charge >= 0.3 is 0 Å². The van der Waals surface area contributed by atoms with Crippen LogP contribution in [0.1, 0.15) is 5.56 Å². The molecule has 14 heavy (non-hydrogen) atoms. The lowest BCUT2D eigenvalue weighted by atomic mass is 10.1. The number of hydrogen-bond donors (Lipinski definition) is 2. The molecule has 1 aromatic carbocycles. The maximum atomic E-state index is 5.86. The van der Waals surface area contributed by atoms with E-state index >= 15 is 0 Å². The zero-order valence-corrected chi connectivity index (χ0v) is 8.20. The number of nitrogens with one attached hydrogen (secondary N) is 1. The van der Waals surface area contributed by atoms with Gasteiger partial charge in [-0.05, 0) is 11.6 Å². The van der Waals surface area contributed by atoms with Gasteiger partial charge in [-0.3, -0.25) is 0 Å². The van der Waals surface area contributed by atoms with Gasteiger partial charge in [0, 0.05) is 25.2 Å². The first kappa shape index (κ1) is 9.49. The van der Waals surface area contributed by atoms with E-state index < -0.39 is 0 Å². The lowest BCUT2D eigenvalue weighted by molar-refractivity contribution is 0.0293. The SMILES string of the molecule is Nc1ccccc1CC1CNCCO1. The van der Waals surface area contributed by atoms with Gasteiger partial charge in [-0.15, -0.1) is 0 Å². The second kappa shape index (κ2) is 4.44. The predicted octanol–water partition coefficient (Wildman–Crippen LogP) is 0.800. The van der Waals surface area contributed by atoms with Crippen molar-refractivity contribution in [3.8, 4) is 0 Å². The molecule has 1 heterocycles. The van der Waals surface area contributed by atoms with Crippen LogP contribution in [0.15, 0.2) is 24.3 Å². The molecule has 2 rings (SSSR count). The van der Waals surface area contributed by atoms with Crippen molar-refractivity contribution in [2.45, 2.75) is 12.5 Å². The lowest BCUT2D eigenvalue weighted by Gasteiger charge is -2.24. The fourth-order valence-electron chi connectivity index (χ4n) is 1.72. The molecule has 1 unspecified atom stereocenters. The number of ether oxygens (including phenoxy) is 1. The van der Waals surface area contributed by atoms with Crippen LogP contribution in [0.4, 0.5) is 5.69 Å². The van der Waals surface area contributed by atoms with Crippen LogP contribution in [0.5, 0.6) is 0 Å². The standard InChI is InChI=1S/C11H16N2O/c12-11-4-2-1-3-9(11)7-10-8-13-5-6-14-10/h1-4,10,13H,5-8,12H2. The van der Waals surface area contributed by atoms with E-state index in [0.29, 0.717) is 0 Å². The van der Waals surface area contributed by atoms with Gasteiger partial charge in [-0.25, -0.2) is 0 Å². The van der Waals surface area contributed by atoms with Crippen molar-refractivity contribution in [3.05, 3.63) is 29.8 Å². The Balaban J connectivity index is 1.99. The third kappa shape index (κ3) is 2.25. The minimum absolute atomic E-state index is 0.272. The zero-order chi connectivity index (χ0) is 9.80. The zero-order valence-electron chi connectivity index (χ0n) is 8.20.